The highest BCUT2D eigenvalue weighted by Crippen LogP contribution is 2.40. The molecule has 3 unspecified atom stereocenters. The maximum absolute atomic E-state index is 12.9. The van der Waals surface area contributed by atoms with Crippen LogP contribution in [0.2, 0.25) is 0 Å². The first kappa shape index (κ1) is 25.2. The monoisotopic (exact) mass is 504 g/mol. The van der Waals surface area contributed by atoms with Gasteiger partial charge < -0.3 is 20.3 Å². The summed E-state index contributed by atoms with van der Waals surface area (Å²) in [5, 5.41) is 17.8. The van der Waals surface area contributed by atoms with Crippen LogP contribution in [0.15, 0.2) is 29.2 Å². The lowest BCUT2D eigenvalue weighted by Gasteiger charge is -2.55. The zero-order chi connectivity index (χ0) is 25.6. The minimum Gasteiger partial charge on any atom is -0.444 e. The first-order valence-corrected chi connectivity index (χ1v) is 13.5. The van der Waals surface area contributed by atoms with Gasteiger partial charge in [-0.05, 0) is 51.5 Å². The molecule has 2 amide bonds. The third kappa shape index (κ3) is 5.07. The van der Waals surface area contributed by atoms with Crippen molar-refractivity contribution in [3.8, 4) is 6.07 Å². The van der Waals surface area contributed by atoms with Crippen molar-refractivity contribution in [3.63, 3.8) is 0 Å². The molecule has 190 valence electrons. The Hall–Kier alpha value is -2.88. The van der Waals surface area contributed by atoms with Crippen LogP contribution in [0.3, 0.4) is 0 Å². The summed E-state index contributed by atoms with van der Waals surface area (Å²) in [7, 11) is -3.32. The van der Waals surface area contributed by atoms with Gasteiger partial charge in [0.25, 0.3) is 0 Å². The number of sulfone groups is 1. The molecule has 3 fully saturated rings. The van der Waals surface area contributed by atoms with E-state index in [-0.39, 0.29) is 23.3 Å². The van der Waals surface area contributed by atoms with Gasteiger partial charge in [0.2, 0.25) is 5.91 Å². The van der Waals surface area contributed by atoms with Gasteiger partial charge in [0.1, 0.15) is 11.8 Å². The van der Waals surface area contributed by atoms with Crippen LogP contribution in [-0.2, 0) is 19.4 Å². The van der Waals surface area contributed by atoms with Crippen molar-refractivity contribution in [2.45, 2.75) is 61.9 Å². The lowest BCUT2D eigenvalue weighted by atomic mass is 9.82. The van der Waals surface area contributed by atoms with Crippen molar-refractivity contribution in [2.75, 3.05) is 31.2 Å². The molecule has 3 N–H and O–H groups in total. The van der Waals surface area contributed by atoms with E-state index in [9.17, 15) is 23.3 Å². The quantitative estimate of drug-likeness (QED) is 0.536. The van der Waals surface area contributed by atoms with Gasteiger partial charge in [-0.2, -0.15) is 5.26 Å². The Morgan fingerprint density at radius 2 is 1.94 bits per heavy atom. The molecule has 4 rings (SSSR count). The molecule has 3 heterocycles. The summed E-state index contributed by atoms with van der Waals surface area (Å²) in [6.45, 7) is 6.55. The molecule has 3 atom stereocenters. The van der Waals surface area contributed by atoms with Crippen molar-refractivity contribution in [3.05, 3.63) is 24.3 Å². The number of carbonyl (C=O) groups is 2. The summed E-state index contributed by atoms with van der Waals surface area (Å²) in [5.41, 5.74) is 2.79. The molecule has 3 aliphatic heterocycles. The van der Waals surface area contributed by atoms with Crippen LogP contribution >= 0.6 is 0 Å². The normalized spacial score (nSPS) is 26.2. The smallest absolute Gasteiger partial charge is 0.410 e. The Morgan fingerprint density at radius 1 is 1.29 bits per heavy atom. The van der Waals surface area contributed by atoms with E-state index in [1.165, 1.54) is 12.1 Å². The predicted molar refractivity (Wildman–Crippen MR) is 128 cm³/mol. The molecule has 11 nitrogen and oxygen atoms in total. The summed E-state index contributed by atoms with van der Waals surface area (Å²) >= 11 is 0. The lowest BCUT2D eigenvalue weighted by molar-refractivity contribution is -0.130. The molecule has 3 aliphatic rings. The Labute approximate surface area is 205 Å². The molecule has 0 spiro atoms. The number of hydrogen-bond donors (Lipinski definition) is 3. The van der Waals surface area contributed by atoms with Gasteiger partial charge in [-0.15, -0.1) is 0 Å². The van der Waals surface area contributed by atoms with Crippen LogP contribution < -0.4 is 16.1 Å². The summed E-state index contributed by atoms with van der Waals surface area (Å²) in [5.74, 6) is -0.540. The second-order valence-electron chi connectivity index (χ2n) is 10.5. The van der Waals surface area contributed by atoms with Crippen molar-refractivity contribution >= 4 is 27.5 Å². The van der Waals surface area contributed by atoms with Crippen LogP contribution in [0.5, 0.6) is 0 Å². The predicted octanol–water partition coefficient (Wildman–Crippen LogP) is 1.06. The summed E-state index contributed by atoms with van der Waals surface area (Å²) in [4.78, 5) is 27.2. The van der Waals surface area contributed by atoms with Crippen LogP contribution in [0.25, 0.3) is 0 Å². The van der Waals surface area contributed by atoms with Crippen molar-refractivity contribution < 1.29 is 22.7 Å². The van der Waals surface area contributed by atoms with Gasteiger partial charge in [-0.25, -0.2) is 23.6 Å². The molecule has 0 aliphatic carbocycles. The Bertz CT molecular complexity index is 1130. The van der Waals surface area contributed by atoms with Crippen molar-refractivity contribution in [1.29, 1.82) is 5.26 Å². The zero-order valence-corrected chi connectivity index (χ0v) is 21.2. The number of amides is 2. The van der Waals surface area contributed by atoms with E-state index in [2.05, 4.69) is 22.1 Å². The number of hydrogen-bond acceptors (Lipinski definition) is 9. The molecule has 35 heavy (non-hydrogen) atoms. The molecule has 0 radical (unpaired) electrons. The minimum absolute atomic E-state index is 0.100. The first-order chi connectivity index (χ1) is 16.3. The largest absolute Gasteiger partial charge is 0.444 e. The minimum atomic E-state index is -3.32. The van der Waals surface area contributed by atoms with Crippen LogP contribution in [0, 0.1) is 17.2 Å². The van der Waals surface area contributed by atoms with Gasteiger partial charge >= 0.3 is 6.09 Å². The number of rotatable bonds is 5. The summed E-state index contributed by atoms with van der Waals surface area (Å²) in [6, 6.07) is 8.43. The van der Waals surface area contributed by atoms with Crippen molar-refractivity contribution in [2.24, 2.45) is 5.92 Å². The Morgan fingerprint density at radius 3 is 2.51 bits per heavy atom. The number of nitrogens with zero attached hydrogens (tertiary/aromatic N) is 3. The zero-order valence-electron chi connectivity index (χ0n) is 20.4. The number of likely N-dealkylation sites (tertiary alicyclic amines) is 1. The molecule has 1 aromatic rings. The Balaban J connectivity index is 1.54. The van der Waals surface area contributed by atoms with E-state index in [4.69, 9.17) is 4.74 Å². The van der Waals surface area contributed by atoms with Gasteiger partial charge in [-0.1, -0.05) is 0 Å². The first-order valence-electron chi connectivity index (χ1n) is 11.6. The van der Waals surface area contributed by atoms with E-state index in [1.54, 1.807) is 37.8 Å². The van der Waals surface area contributed by atoms with Gasteiger partial charge in [0.15, 0.2) is 9.84 Å². The maximum atomic E-state index is 12.9. The third-order valence-electron chi connectivity index (χ3n) is 6.57. The van der Waals surface area contributed by atoms with E-state index >= 15 is 0 Å². The average molecular weight is 505 g/mol. The SMILES string of the molecule is CC(C)(C)OC(=O)N1CC(CC#N)(N2NC(Nc3ccc(S(C)(=O)=O)cc3)C3C(=O)NCCC32)C1. The number of ether oxygens (including phenoxy) is 1. The number of fused-ring (bicyclic) bond motifs is 1. The number of nitriles is 1. The van der Waals surface area contributed by atoms with Gasteiger partial charge in [-0.3, -0.25) is 4.79 Å². The van der Waals surface area contributed by atoms with Crippen LogP contribution in [0.1, 0.15) is 33.6 Å². The molecule has 3 saturated heterocycles. The number of hydrazine groups is 1. The third-order valence-corrected chi connectivity index (χ3v) is 7.70. The molecule has 12 heteroatoms. The van der Waals surface area contributed by atoms with Crippen LogP contribution in [0.4, 0.5) is 10.5 Å². The molecular formula is C23H32N6O5S. The fourth-order valence-electron chi connectivity index (χ4n) is 5.01. The summed E-state index contributed by atoms with van der Waals surface area (Å²) < 4.78 is 29.0. The number of piperidine rings is 1. The Kier molecular flexibility index (Phi) is 6.46. The maximum Gasteiger partial charge on any atom is 0.410 e. The standard InChI is InChI=1S/C23H32N6O5S/c1-22(2,3)34-21(31)28-13-23(14-28,10-11-24)29-17-9-12-25-20(30)18(17)19(27-29)26-15-5-7-16(8-6-15)35(4,32)33/h5-8,17-19,26-27H,9-10,12-14H2,1-4H3,(H,25,30). The fraction of sp³-hybridized carbons (Fsp3) is 0.609. The highest BCUT2D eigenvalue weighted by atomic mass is 32.2. The molecule has 0 bridgehead atoms. The number of anilines is 1. The molecule has 0 saturated carbocycles. The second kappa shape index (κ2) is 8.96. The van der Waals surface area contributed by atoms with Gasteiger partial charge in [0, 0.05) is 37.6 Å². The van der Waals surface area contributed by atoms with E-state index in [0.29, 0.717) is 31.7 Å². The fourth-order valence-corrected chi connectivity index (χ4v) is 5.64. The second-order valence-corrected chi connectivity index (χ2v) is 12.5. The van der Waals surface area contributed by atoms with Gasteiger partial charge in [0.05, 0.1) is 28.8 Å². The molecule has 0 aromatic heterocycles. The van der Waals surface area contributed by atoms with E-state index < -0.39 is 39.2 Å². The van der Waals surface area contributed by atoms with E-state index in [1.807, 2.05) is 5.01 Å². The summed E-state index contributed by atoms with van der Waals surface area (Å²) in [6.07, 6.45) is 1.12. The molecular weight excluding hydrogens is 472 g/mol. The van der Waals surface area contributed by atoms with E-state index in [0.717, 1.165) is 6.26 Å². The van der Waals surface area contributed by atoms with Crippen molar-refractivity contribution in [1.82, 2.24) is 20.7 Å². The number of nitrogens with one attached hydrogen (secondary N) is 3. The highest BCUT2D eigenvalue weighted by Gasteiger charge is 2.59. The molecule has 1 aromatic carbocycles. The van der Waals surface area contributed by atoms with Crippen LogP contribution in [-0.4, -0.2) is 79.6 Å². The average Bonchev–Trinajstić information content (AvgIpc) is 3.08. The highest BCUT2D eigenvalue weighted by molar-refractivity contribution is 7.90. The number of benzene rings is 1. The lowest BCUT2D eigenvalue weighted by Crippen LogP contribution is -2.74. The number of carbonyl (C=O) groups excluding carboxylic acids is 2. The topological polar surface area (TPSA) is 144 Å².